The lowest BCUT2D eigenvalue weighted by Gasteiger charge is -2.52. The van der Waals surface area contributed by atoms with Crippen molar-refractivity contribution >= 4 is 0 Å². The fourth-order valence-corrected chi connectivity index (χ4v) is 3.81. The molecule has 0 aromatic rings. The molecule has 3 atom stereocenters. The van der Waals surface area contributed by atoms with Crippen molar-refractivity contribution in [1.82, 2.24) is 0 Å². The largest absolute Gasteiger partial charge is 0.389 e. The lowest BCUT2D eigenvalue weighted by Crippen LogP contribution is -2.53. The predicted molar refractivity (Wildman–Crippen MR) is 63.6 cm³/mol. The second-order valence-electron chi connectivity index (χ2n) is 6.36. The molecular formula is C14H26O. The predicted octanol–water partition coefficient (Wildman–Crippen LogP) is 3.61. The molecule has 0 aromatic heterocycles. The Morgan fingerprint density at radius 3 is 2.27 bits per heavy atom. The summed E-state index contributed by atoms with van der Waals surface area (Å²) >= 11 is 0. The molecule has 0 heterocycles. The van der Waals surface area contributed by atoms with Gasteiger partial charge in [0, 0.05) is 0 Å². The van der Waals surface area contributed by atoms with E-state index in [9.17, 15) is 5.11 Å². The summed E-state index contributed by atoms with van der Waals surface area (Å²) in [4.78, 5) is 0. The first-order valence-corrected chi connectivity index (χ1v) is 6.76. The average Bonchev–Trinajstić information content (AvgIpc) is 1.97. The first kappa shape index (κ1) is 11.4. The Bertz CT molecular complexity index is 219. The molecule has 0 aromatic carbocycles. The third kappa shape index (κ3) is 1.95. The highest BCUT2D eigenvalue weighted by molar-refractivity contribution is 5.00. The summed E-state index contributed by atoms with van der Waals surface area (Å²) in [6.45, 7) is 6.87. The van der Waals surface area contributed by atoms with Gasteiger partial charge in [0.1, 0.15) is 0 Å². The van der Waals surface area contributed by atoms with Crippen molar-refractivity contribution in [1.29, 1.82) is 0 Å². The van der Waals surface area contributed by atoms with Gasteiger partial charge in [0.05, 0.1) is 5.60 Å². The number of aliphatic hydroxyl groups is 1. The maximum Gasteiger partial charge on any atom is 0.0708 e. The van der Waals surface area contributed by atoms with Crippen LogP contribution >= 0.6 is 0 Å². The summed E-state index contributed by atoms with van der Waals surface area (Å²) in [6, 6.07) is 0. The molecule has 2 aliphatic carbocycles. The van der Waals surface area contributed by atoms with Crippen LogP contribution in [0.5, 0.6) is 0 Å². The zero-order chi connectivity index (χ0) is 11.1. The van der Waals surface area contributed by atoms with Gasteiger partial charge in [-0.05, 0) is 49.4 Å². The normalized spacial score (nSPS) is 43.0. The van der Waals surface area contributed by atoms with Crippen LogP contribution in [-0.4, -0.2) is 10.7 Å². The average molecular weight is 210 g/mol. The van der Waals surface area contributed by atoms with Crippen LogP contribution in [0.25, 0.3) is 0 Å². The van der Waals surface area contributed by atoms with Crippen LogP contribution in [0.3, 0.4) is 0 Å². The van der Waals surface area contributed by atoms with E-state index in [2.05, 4.69) is 20.8 Å². The van der Waals surface area contributed by atoms with Gasteiger partial charge in [-0.3, -0.25) is 0 Å². The van der Waals surface area contributed by atoms with Crippen molar-refractivity contribution in [3.63, 3.8) is 0 Å². The van der Waals surface area contributed by atoms with Crippen molar-refractivity contribution < 1.29 is 5.11 Å². The molecule has 0 bridgehead atoms. The SMILES string of the molecule is CC1CCC(C(C)C)C(O)(C2CCC2)C1. The quantitative estimate of drug-likeness (QED) is 0.738. The standard InChI is InChI=1S/C14H26O/c1-10(2)13-8-7-11(3)9-14(13,15)12-5-4-6-12/h10-13,15H,4-9H2,1-3H3. The highest BCUT2D eigenvalue weighted by atomic mass is 16.3. The van der Waals surface area contributed by atoms with Crippen molar-refractivity contribution in [2.75, 3.05) is 0 Å². The first-order chi connectivity index (χ1) is 7.04. The summed E-state index contributed by atoms with van der Waals surface area (Å²) in [6.07, 6.45) is 7.50. The van der Waals surface area contributed by atoms with E-state index in [0.29, 0.717) is 17.8 Å². The zero-order valence-corrected chi connectivity index (χ0v) is 10.5. The van der Waals surface area contributed by atoms with E-state index in [-0.39, 0.29) is 5.60 Å². The summed E-state index contributed by atoms with van der Waals surface area (Å²) < 4.78 is 0. The second-order valence-corrected chi connectivity index (χ2v) is 6.36. The summed E-state index contributed by atoms with van der Waals surface area (Å²) in [5.74, 6) is 2.54. The lowest BCUT2D eigenvalue weighted by atomic mass is 9.57. The number of hydrogen-bond acceptors (Lipinski definition) is 1. The Morgan fingerprint density at radius 1 is 1.13 bits per heavy atom. The Morgan fingerprint density at radius 2 is 1.80 bits per heavy atom. The molecule has 0 saturated heterocycles. The zero-order valence-electron chi connectivity index (χ0n) is 10.5. The van der Waals surface area contributed by atoms with E-state index in [1.165, 1.54) is 32.1 Å². The van der Waals surface area contributed by atoms with Crippen LogP contribution in [-0.2, 0) is 0 Å². The molecule has 0 spiro atoms. The minimum Gasteiger partial charge on any atom is -0.389 e. The molecule has 0 radical (unpaired) electrons. The van der Waals surface area contributed by atoms with Gasteiger partial charge in [0.15, 0.2) is 0 Å². The summed E-state index contributed by atoms with van der Waals surface area (Å²) in [5, 5.41) is 11.0. The van der Waals surface area contributed by atoms with Crippen LogP contribution in [0.2, 0.25) is 0 Å². The molecule has 1 nitrogen and oxygen atoms in total. The smallest absolute Gasteiger partial charge is 0.0708 e. The lowest BCUT2D eigenvalue weighted by molar-refractivity contribution is -0.141. The van der Waals surface area contributed by atoms with E-state index in [1.807, 2.05) is 0 Å². The summed E-state index contributed by atoms with van der Waals surface area (Å²) in [7, 11) is 0. The molecule has 2 rings (SSSR count). The molecule has 2 fully saturated rings. The Balaban J connectivity index is 2.14. The number of rotatable bonds is 2. The Labute approximate surface area is 94.3 Å². The van der Waals surface area contributed by atoms with Gasteiger partial charge in [-0.25, -0.2) is 0 Å². The van der Waals surface area contributed by atoms with Crippen LogP contribution in [0, 0.1) is 23.7 Å². The topological polar surface area (TPSA) is 20.2 Å². The van der Waals surface area contributed by atoms with Crippen LogP contribution in [0.4, 0.5) is 0 Å². The van der Waals surface area contributed by atoms with E-state index < -0.39 is 0 Å². The van der Waals surface area contributed by atoms with Gasteiger partial charge in [-0.2, -0.15) is 0 Å². The van der Waals surface area contributed by atoms with Gasteiger partial charge in [-0.15, -0.1) is 0 Å². The molecule has 2 aliphatic rings. The van der Waals surface area contributed by atoms with Crippen LogP contribution in [0.1, 0.15) is 59.3 Å². The maximum absolute atomic E-state index is 11.0. The van der Waals surface area contributed by atoms with Crippen molar-refractivity contribution in [2.24, 2.45) is 23.7 Å². The minimum absolute atomic E-state index is 0.315. The van der Waals surface area contributed by atoms with Gasteiger partial charge < -0.3 is 5.11 Å². The Hall–Kier alpha value is -0.0400. The van der Waals surface area contributed by atoms with E-state index in [4.69, 9.17) is 0 Å². The monoisotopic (exact) mass is 210 g/mol. The highest BCUT2D eigenvalue weighted by Crippen LogP contribution is 2.50. The number of hydrogen-bond donors (Lipinski definition) is 1. The molecule has 3 unspecified atom stereocenters. The molecule has 0 amide bonds. The van der Waals surface area contributed by atoms with E-state index >= 15 is 0 Å². The Kier molecular flexibility index (Phi) is 3.12. The fraction of sp³-hybridized carbons (Fsp3) is 1.00. The molecule has 1 N–H and O–H groups in total. The maximum atomic E-state index is 11.0. The van der Waals surface area contributed by atoms with Crippen LogP contribution in [0.15, 0.2) is 0 Å². The molecule has 1 heteroatoms. The third-order valence-electron chi connectivity index (χ3n) is 4.90. The van der Waals surface area contributed by atoms with Crippen molar-refractivity contribution in [2.45, 2.75) is 64.9 Å². The van der Waals surface area contributed by atoms with Gasteiger partial charge in [0.25, 0.3) is 0 Å². The first-order valence-electron chi connectivity index (χ1n) is 6.76. The van der Waals surface area contributed by atoms with Gasteiger partial charge >= 0.3 is 0 Å². The van der Waals surface area contributed by atoms with Gasteiger partial charge in [0.2, 0.25) is 0 Å². The summed E-state index contributed by atoms with van der Waals surface area (Å²) in [5.41, 5.74) is -0.315. The van der Waals surface area contributed by atoms with Crippen molar-refractivity contribution in [3.8, 4) is 0 Å². The second kappa shape index (κ2) is 4.08. The minimum atomic E-state index is -0.315. The van der Waals surface area contributed by atoms with Crippen LogP contribution < -0.4 is 0 Å². The highest BCUT2D eigenvalue weighted by Gasteiger charge is 2.49. The third-order valence-corrected chi connectivity index (χ3v) is 4.90. The molecule has 88 valence electrons. The van der Waals surface area contributed by atoms with Gasteiger partial charge in [-0.1, -0.05) is 33.6 Å². The van der Waals surface area contributed by atoms with E-state index in [0.717, 1.165) is 12.3 Å². The van der Waals surface area contributed by atoms with E-state index in [1.54, 1.807) is 0 Å². The molecule has 15 heavy (non-hydrogen) atoms. The molecular weight excluding hydrogens is 184 g/mol. The molecule has 2 saturated carbocycles. The fourth-order valence-electron chi connectivity index (χ4n) is 3.81. The van der Waals surface area contributed by atoms with Crippen molar-refractivity contribution in [3.05, 3.63) is 0 Å². The molecule has 0 aliphatic heterocycles.